The molecule has 0 unspecified atom stereocenters. The summed E-state index contributed by atoms with van der Waals surface area (Å²) < 4.78 is 5.69. The second-order valence-corrected chi connectivity index (χ2v) is 3.57. The van der Waals surface area contributed by atoms with E-state index in [1.807, 2.05) is 31.2 Å². The topological polar surface area (TPSA) is 29.5 Å². The van der Waals surface area contributed by atoms with Gasteiger partial charge in [0.15, 0.2) is 0 Å². The van der Waals surface area contributed by atoms with Crippen LogP contribution in [-0.4, -0.2) is 24.0 Å². The average molecular weight is 191 g/mol. The fourth-order valence-electron chi connectivity index (χ4n) is 1.70. The molecule has 0 aliphatic carbocycles. The Morgan fingerprint density at radius 1 is 1.50 bits per heavy atom. The first kappa shape index (κ1) is 9.06. The summed E-state index contributed by atoms with van der Waals surface area (Å²) in [5, 5.41) is 0. The van der Waals surface area contributed by atoms with E-state index in [0.717, 1.165) is 17.7 Å². The van der Waals surface area contributed by atoms with Crippen molar-refractivity contribution in [3.05, 3.63) is 29.8 Å². The largest absolute Gasteiger partial charge is 0.489 e. The van der Waals surface area contributed by atoms with E-state index in [-0.39, 0.29) is 6.10 Å². The molecular formula is C11H13NO2. The highest BCUT2D eigenvalue weighted by Gasteiger charge is 2.17. The SMILES string of the molecule is C[C@H]1CN(C=O)Cc2ccccc2O1. The van der Waals surface area contributed by atoms with Gasteiger partial charge in [-0.15, -0.1) is 0 Å². The molecule has 1 aromatic carbocycles. The Kier molecular flexibility index (Phi) is 2.39. The van der Waals surface area contributed by atoms with Gasteiger partial charge < -0.3 is 9.64 Å². The number of hydrogen-bond donors (Lipinski definition) is 0. The Morgan fingerprint density at radius 2 is 2.29 bits per heavy atom. The number of para-hydroxylation sites is 1. The van der Waals surface area contributed by atoms with Crippen molar-refractivity contribution >= 4 is 6.41 Å². The van der Waals surface area contributed by atoms with Crippen LogP contribution in [0.2, 0.25) is 0 Å². The van der Waals surface area contributed by atoms with Gasteiger partial charge in [0.2, 0.25) is 6.41 Å². The summed E-state index contributed by atoms with van der Waals surface area (Å²) in [6.07, 6.45) is 0.936. The Balaban J connectivity index is 2.32. The highest BCUT2D eigenvalue weighted by atomic mass is 16.5. The third-order valence-corrected chi connectivity index (χ3v) is 2.31. The fourth-order valence-corrected chi connectivity index (χ4v) is 1.70. The van der Waals surface area contributed by atoms with Gasteiger partial charge in [0, 0.05) is 12.1 Å². The van der Waals surface area contributed by atoms with Crippen LogP contribution in [0.1, 0.15) is 12.5 Å². The minimum Gasteiger partial charge on any atom is -0.489 e. The van der Waals surface area contributed by atoms with Gasteiger partial charge in [0.25, 0.3) is 0 Å². The van der Waals surface area contributed by atoms with Crippen molar-refractivity contribution in [2.24, 2.45) is 0 Å². The Morgan fingerprint density at radius 3 is 3.07 bits per heavy atom. The molecule has 0 saturated heterocycles. The van der Waals surface area contributed by atoms with Crippen LogP contribution in [0.5, 0.6) is 5.75 Å². The first-order chi connectivity index (χ1) is 6.79. The van der Waals surface area contributed by atoms with E-state index in [0.29, 0.717) is 13.1 Å². The number of hydrogen-bond acceptors (Lipinski definition) is 2. The van der Waals surface area contributed by atoms with Crippen LogP contribution >= 0.6 is 0 Å². The maximum atomic E-state index is 10.7. The molecule has 1 heterocycles. The molecule has 0 fully saturated rings. The predicted molar refractivity (Wildman–Crippen MR) is 53.0 cm³/mol. The van der Waals surface area contributed by atoms with Crippen molar-refractivity contribution in [1.29, 1.82) is 0 Å². The Hall–Kier alpha value is -1.51. The molecule has 0 spiro atoms. The van der Waals surface area contributed by atoms with Crippen molar-refractivity contribution in [3.63, 3.8) is 0 Å². The van der Waals surface area contributed by atoms with Gasteiger partial charge in [-0.05, 0) is 13.0 Å². The highest BCUT2D eigenvalue weighted by molar-refractivity contribution is 5.49. The van der Waals surface area contributed by atoms with Crippen molar-refractivity contribution in [1.82, 2.24) is 4.90 Å². The minimum atomic E-state index is 0.0591. The van der Waals surface area contributed by atoms with E-state index in [1.54, 1.807) is 4.90 Å². The molecule has 1 aliphatic heterocycles. The van der Waals surface area contributed by atoms with Gasteiger partial charge >= 0.3 is 0 Å². The first-order valence-electron chi connectivity index (χ1n) is 4.73. The molecule has 1 amide bonds. The average Bonchev–Trinajstić information content (AvgIpc) is 2.35. The number of rotatable bonds is 1. The summed E-state index contributed by atoms with van der Waals surface area (Å²) in [7, 11) is 0. The van der Waals surface area contributed by atoms with Crippen LogP contribution in [0.15, 0.2) is 24.3 Å². The third kappa shape index (κ3) is 1.71. The van der Waals surface area contributed by atoms with Gasteiger partial charge in [-0.1, -0.05) is 18.2 Å². The highest BCUT2D eigenvalue weighted by Crippen LogP contribution is 2.23. The van der Waals surface area contributed by atoms with Gasteiger partial charge in [0.05, 0.1) is 6.54 Å². The van der Waals surface area contributed by atoms with Crippen molar-refractivity contribution in [2.45, 2.75) is 19.6 Å². The Bertz CT molecular complexity index is 338. The molecule has 1 aromatic rings. The summed E-state index contributed by atoms with van der Waals surface area (Å²) in [6, 6.07) is 7.84. The van der Waals surface area contributed by atoms with Gasteiger partial charge in [-0.3, -0.25) is 4.79 Å². The lowest BCUT2D eigenvalue weighted by Crippen LogP contribution is -2.29. The lowest BCUT2D eigenvalue weighted by molar-refractivity contribution is -0.119. The number of carbonyl (C=O) groups is 1. The normalized spacial score (nSPS) is 20.6. The molecular weight excluding hydrogens is 178 g/mol. The molecule has 0 saturated carbocycles. The maximum absolute atomic E-state index is 10.7. The number of ether oxygens (including phenoxy) is 1. The molecule has 1 aliphatic rings. The summed E-state index contributed by atoms with van der Waals surface area (Å²) in [4.78, 5) is 12.5. The predicted octanol–water partition coefficient (Wildman–Crippen LogP) is 1.43. The zero-order chi connectivity index (χ0) is 9.97. The first-order valence-corrected chi connectivity index (χ1v) is 4.73. The standard InChI is InChI=1S/C11H13NO2/c1-9-6-12(8-13)7-10-4-2-3-5-11(10)14-9/h2-5,8-9H,6-7H2,1H3/t9-/m0/s1. The van der Waals surface area contributed by atoms with Crippen LogP contribution in [0.3, 0.4) is 0 Å². The van der Waals surface area contributed by atoms with E-state index in [4.69, 9.17) is 4.74 Å². The van der Waals surface area contributed by atoms with E-state index in [9.17, 15) is 4.79 Å². The van der Waals surface area contributed by atoms with Crippen LogP contribution in [-0.2, 0) is 11.3 Å². The molecule has 0 radical (unpaired) electrons. The van der Waals surface area contributed by atoms with E-state index in [1.165, 1.54) is 0 Å². The van der Waals surface area contributed by atoms with E-state index >= 15 is 0 Å². The molecule has 14 heavy (non-hydrogen) atoms. The second kappa shape index (κ2) is 3.70. The van der Waals surface area contributed by atoms with E-state index in [2.05, 4.69) is 0 Å². The lowest BCUT2D eigenvalue weighted by Gasteiger charge is -2.16. The molecule has 2 rings (SSSR count). The molecule has 74 valence electrons. The zero-order valence-electron chi connectivity index (χ0n) is 8.14. The Labute approximate surface area is 83.3 Å². The summed E-state index contributed by atoms with van der Waals surface area (Å²) in [5.74, 6) is 0.893. The summed E-state index contributed by atoms with van der Waals surface area (Å²) in [6.45, 7) is 3.26. The van der Waals surface area contributed by atoms with Crippen molar-refractivity contribution in [2.75, 3.05) is 6.54 Å². The zero-order valence-corrected chi connectivity index (χ0v) is 8.14. The smallest absolute Gasteiger partial charge is 0.210 e. The van der Waals surface area contributed by atoms with Crippen LogP contribution in [0.4, 0.5) is 0 Å². The van der Waals surface area contributed by atoms with E-state index < -0.39 is 0 Å². The maximum Gasteiger partial charge on any atom is 0.210 e. The van der Waals surface area contributed by atoms with Crippen molar-refractivity contribution < 1.29 is 9.53 Å². The number of amides is 1. The summed E-state index contributed by atoms with van der Waals surface area (Å²) in [5.41, 5.74) is 1.07. The summed E-state index contributed by atoms with van der Waals surface area (Å²) >= 11 is 0. The van der Waals surface area contributed by atoms with Crippen LogP contribution < -0.4 is 4.74 Å². The van der Waals surface area contributed by atoms with Gasteiger partial charge in [-0.2, -0.15) is 0 Å². The molecule has 0 N–H and O–H groups in total. The number of nitrogens with zero attached hydrogens (tertiary/aromatic N) is 1. The fraction of sp³-hybridized carbons (Fsp3) is 0.364. The molecule has 3 heteroatoms. The van der Waals surface area contributed by atoms with Crippen LogP contribution in [0, 0.1) is 0 Å². The molecule has 3 nitrogen and oxygen atoms in total. The second-order valence-electron chi connectivity index (χ2n) is 3.57. The monoisotopic (exact) mass is 191 g/mol. The van der Waals surface area contributed by atoms with Crippen LogP contribution in [0.25, 0.3) is 0 Å². The van der Waals surface area contributed by atoms with Crippen molar-refractivity contribution in [3.8, 4) is 5.75 Å². The molecule has 0 aromatic heterocycles. The minimum absolute atomic E-state index is 0.0591. The van der Waals surface area contributed by atoms with Gasteiger partial charge in [-0.25, -0.2) is 0 Å². The third-order valence-electron chi connectivity index (χ3n) is 2.31. The lowest BCUT2D eigenvalue weighted by atomic mass is 10.2. The quantitative estimate of drug-likeness (QED) is 0.628. The molecule has 0 bridgehead atoms. The number of benzene rings is 1. The number of carbonyl (C=O) groups excluding carboxylic acids is 1. The molecule has 1 atom stereocenters. The van der Waals surface area contributed by atoms with Gasteiger partial charge in [0.1, 0.15) is 11.9 Å². The number of fused-ring (bicyclic) bond motifs is 1.